The number of hydrogen-bond acceptors (Lipinski definition) is 3. The average molecular weight is 271 g/mol. The summed E-state index contributed by atoms with van der Waals surface area (Å²) in [5.74, 6) is 0.466. The quantitative estimate of drug-likeness (QED) is 0.861. The van der Waals surface area contributed by atoms with Gasteiger partial charge in [-0.1, -0.05) is 17.7 Å². The molecule has 2 N–H and O–H groups in total. The van der Waals surface area contributed by atoms with E-state index in [9.17, 15) is 4.79 Å². The fourth-order valence-electron chi connectivity index (χ4n) is 1.60. The average Bonchev–Trinajstić information content (AvgIpc) is 2.38. The van der Waals surface area contributed by atoms with E-state index in [1.54, 1.807) is 17.0 Å². The van der Waals surface area contributed by atoms with Crippen molar-refractivity contribution in [3.63, 3.8) is 0 Å². The van der Waals surface area contributed by atoms with E-state index < -0.39 is 0 Å². The summed E-state index contributed by atoms with van der Waals surface area (Å²) in [6.45, 7) is 5.66. The van der Waals surface area contributed by atoms with E-state index >= 15 is 0 Å². The van der Waals surface area contributed by atoms with Crippen LogP contribution in [0.3, 0.4) is 0 Å². The zero-order valence-corrected chi connectivity index (χ0v) is 11.5. The van der Waals surface area contributed by atoms with Gasteiger partial charge in [-0.25, -0.2) is 0 Å². The van der Waals surface area contributed by atoms with Gasteiger partial charge in [0.1, 0.15) is 5.75 Å². The highest BCUT2D eigenvalue weighted by atomic mass is 35.5. The molecule has 1 aromatic carbocycles. The molecule has 0 bridgehead atoms. The van der Waals surface area contributed by atoms with E-state index in [0.29, 0.717) is 30.4 Å². The Morgan fingerprint density at radius 2 is 2.06 bits per heavy atom. The van der Waals surface area contributed by atoms with Crippen molar-refractivity contribution >= 4 is 17.5 Å². The number of hydrogen-bond donors (Lipinski definition) is 1. The van der Waals surface area contributed by atoms with Gasteiger partial charge in [0.2, 0.25) is 0 Å². The zero-order chi connectivity index (χ0) is 13.5. The van der Waals surface area contributed by atoms with Gasteiger partial charge in [-0.05, 0) is 31.5 Å². The van der Waals surface area contributed by atoms with Crippen LogP contribution in [0.1, 0.15) is 19.4 Å². The van der Waals surface area contributed by atoms with Crippen LogP contribution in [-0.4, -0.2) is 30.5 Å². The van der Waals surface area contributed by atoms with E-state index in [1.165, 1.54) is 0 Å². The van der Waals surface area contributed by atoms with Gasteiger partial charge in [-0.15, -0.1) is 0 Å². The van der Waals surface area contributed by atoms with Crippen molar-refractivity contribution in [1.82, 2.24) is 4.90 Å². The summed E-state index contributed by atoms with van der Waals surface area (Å²) in [5, 5.41) is 0.477. The lowest BCUT2D eigenvalue weighted by Crippen LogP contribution is -2.34. The lowest BCUT2D eigenvalue weighted by atomic mass is 10.2. The smallest absolute Gasteiger partial charge is 0.260 e. The lowest BCUT2D eigenvalue weighted by molar-refractivity contribution is -0.132. The molecule has 0 spiro atoms. The Morgan fingerprint density at radius 3 is 2.56 bits per heavy atom. The van der Waals surface area contributed by atoms with Gasteiger partial charge < -0.3 is 15.4 Å². The van der Waals surface area contributed by atoms with Crippen molar-refractivity contribution in [2.24, 2.45) is 5.73 Å². The topological polar surface area (TPSA) is 55.6 Å². The predicted octanol–water partition coefficient (Wildman–Crippen LogP) is 2.05. The Balaban J connectivity index is 2.61. The molecule has 0 atom stereocenters. The summed E-state index contributed by atoms with van der Waals surface area (Å²) in [4.78, 5) is 13.5. The molecule has 1 amide bonds. The standard InChI is InChI=1S/C13H19ClN2O2/c1-3-16(4-2)13(17)9-18-12-6-5-10(8-15)7-11(12)14/h5-7H,3-4,8-9,15H2,1-2H3. The summed E-state index contributed by atoms with van der Waals surface area (Å²) < 4.78 is 5.42. The lowest BCUT2D eigenvalue weighted by Gasteiger charge is -2.19. The molecule has 0 aliphatic heterocycles. The third kappa shape index (κ3) is 3.89. The second kappa shape index (κ2) is 7.24. The first-order chi connectivity index (χ1) is 8.62. The summed E-state index contributed by atoms with van der Waals surface area (Å²) in [5.41, 5.74) is 6.44. The van der Waals surface area contributed by atoms with Crippen LogP contribution in [0.15, 0.2) is 18.2 Å². The Morgan fingerprint density at radius 1 is 1.39 bits per heavy atom. The number of rotatable bonds is 6. The molecular formula is C13H19ClN2O2. The van der Waals surface area contributed by atoms with E-state index in [2.05, 4.69) is 0 Å². The number of ether oxygens (including phenoxy) is 1. The fraction of sp³-hybridized carbons (Fsp3) is 0.462. The maximum absolute atomic E-state index is 11.8. The third-order valence-corrected chi connectivity index (χ3v) is 2.99. The highest BCUT2D eigenvalue weighted by Crippen LogP contribution is 2.25. The number of amides is 1. The van der Waals surface area contributed by atoms with Crippen molar-refractivity contribution < 1.29 is 9.53 Å². The van der Waals surface area contributed by atoms with Crippen molar-refractivity contribution in [3.8, 4) is 5.75 Å². The molecular weight excluding hydrogens is 252 g/mol. The Labute approximate surface area is 113 Å². The first-order valence-corrected chi connectivity index (χ1v) is 6.39. The SMILES string of the molecule is CCN(CC)C(=O)COc1ccc(CN)cc1Cl. The van der Waals surface area contributed by atoms with Crippen LogP contribution >= 0.6 is 11.6 Å². The fourth-order valence-corrected chi connectivity index (χ4v) is 1.85. The molecule has 4 nitrogen and oxygen atoms in total. The predicted molar refractivity (Wildman–Crippen MR) is 72.8 cm³/mol. The first-order valence-electron chi connectivity index (χ1n) is 6.01. The van der Waals surface area contributed by atoms with Gasteiger partial charge in [-0.3, -0.25) is 4.79 Å². The van der Waals surface area contributed by atoms with Crippen LogP contribution < -0.4 is 10.5 Å². The second-order valence-corrected chi connectivity index (χ2v) is 4.23. The van der Waals surface area contributed by atoms with E-state index in [0.717, 1.165) is 5.56 Å². The number of likely N-dealkylation sites (N-methyl/N-ethyl adjacent to an activating group) is 1. The minimum atomic E-state index is -0.0426. The normalized spacial score (nSPS) is 10.2. The molecule has 18 heavy (non-hydrogen) atoms. The Hall–Kier alpha value is -1.26. The second-order valence-electron chi connectivity index (χ2n) is 3.82. The summed E-state index contributed by atoms with van der Waals surface area (Å²) in [6.07, 6.45) is 0. The molecule has 0 saturated heterocycles. The number of carbonyl (C=O) groups is 1. The highest BCUT2D eigenvalue weighted by Gasteiger charge is 2.11. The van der Waals surface area contributed by atoms with E-state index in [4.69, 9.17) is 22.1 Å². The van der Waals surface area contributed by atoms with Gasteiger partial charge in [0.05, 0.1) is 5.02 Å². The Bertz CT molecular complexity index is 406. The number of nitrogens with two attached hydrogens (primary N) is 1. The molecule has 0 aliphatic rings. The van der Waals surface area contributed by atoms with Crippen LogP contribution in [0.2, 0.25) is 5.02 Å². The minimum Gasteiger partial charge on any atom is -0.482 e. The van der Waals surface area contributed by atoms with Crippen LogP contribution in [0.5, 0.6) is 5.75 Å². The van der Waals surface area contributed by atoms with Crippen molar-refractivity contribution in [2.45, 2.75) is 20.4 Å². The van der Waals surface area contributed by atoms with Crippen molar-refractivity contribution in [3.05, 3.63) is 28.8 Å². The van der Waals surface area contributed by atoms with Crippen LogP contribution in [-0.2, 0) is 11.3 Å². The molecule has 0 radical (unpaired) electrons. The molecule has 1 aromatic rings. The zero-order valence-electron chi connectivity index (χ0n) is 10.8. The van der Waals surface area contributed by atoms with Gasteiger partial charge in [0.15, 0.2) is 6.61 Å². The van der Waals surface area contributed by atoms with Crippen molar-refractivity contribution in [2.75, 3.05) is 19.7 Å². The van der Waals surface area contributed by atoms with Gasteiger partial charge in [0.25, 0.3) is 5.91 Å². The van der Waals surface area contributed by atoms with Crippen LogP contribution in [0, 0.1) is 0 Å². The molecule has 1 rings (SSSR count). The highest BCUT2D eigenvalue weighted by molar-refractivity contribution is 6.32. The van der Waals surface area contributed by atoms with E-state index in [1.807, 2.05) is 19.9 Å². The third-order valence-electron chi connectivity index (χ3n) is 2.70. The van der Waals surface area contributed by atoms with Gasteiger partial charge in [0, 0.05) is 19.6 Å². The van der Waals surface area contributed by atoms with Gasteiger partial charge in [-0.2, -0.15) is 0 Å². The maximum atomic E-state index is 11.8. The molecule has 0 heterocycles. The van der Waals surface area contributed by atoms with Crippen LogP contribution in [0.25, 0.3) is 0 Å². The molecule has 0 saturated carbocycles. The van der Waals surface area contributed by atoms with E-state index in [-0.39, 0.29) is 12.5 Å². The molecule has 0 fully saturated rings. The molecule has 0 aromatic heterocycles. The summed E-state index contributed by atoms with van der Waals surface area (Å²) in [6, 6.07) is 5.32. The number of nitrogens with zero attached hydrogens (tertiary/aromatic N) is 1. The first kappa shape index (κ1) is 14.8. The maximum Gasteiger partial charge on any atom is 0.260 e. The number of carbonyl (C=O) groups excluding carboxylic acids is 1. The number of halogens is 1. The molecule has 100 valence electrons. The molecule has 0 aliphatic carbocycles. The monoisotopic (exact) mass is 270 g/mol. The largest absolute Gasteiger partial charge is 0.482 e. The molecule has 0 unspecified atom stereocenters. The summed E-state index contributed by atoms with van der Waals surface area (Å²) >= 11 is 6.03. The molecule has 5 heteroatoms. The van der Waals surface area contributed by atoms with Crippen molar-refractivity contribution in [1.29, 1.82) is 0 Å². The number of benzene rings is 1. The Kier molecular flexibility index (Phi) is 5.95. The minimum absolute atomic E-state index is 0.00334. The van der Waals surface area contributed by atoms with Crippen LogP contribution in [0.4, 0.5) is 0 Å². The summed E-state index contributed by atoms with van der Waals surface area (Å²) in [7, 11) is 0. The van der Waals surface area contributed by atoms with Gasteiger partial charge >= 0.3 is 0 Å².